The Morgan fingerprint density at radius 2 is 1.77 bits per heavy atom. The first-order valence-electron chi connectivity index (χ1n) is 12.7. The van der Waals surface area contributed by atoms with Gasteiger partial charge in [0, 0.05) is 36.3 Å². The SMILES string of the molecule is Cc1nc2c(F)cc(-c3nc(Nc4ncc5c(n4)CCN(C(=O)OC(C)(C)C)C5)ncc3F)cc2n1C(C)C. The zero-order valence-corrected chi connectivity index (χ0v) is 22.7. The van der Waals surface area contributed by atoms with E-state index < -0.39 is 17.2 Å². The second kappa shape index (κ2) is 9.83. The minimum atomic E-state index is -0.694. The summed E-state index contributed by atoms with van der Waals surface area (Å²) >= 11 is 0. The fourth-order valence-electron chi connectivity index (χ4n) is 4.65. The topological polar surface area (TPSA) is 111 Å². The van der Waals surface area contributed by atoms with Gasteiger partial charge in [-0.1, -0.05) is 0 Å². The summed E-state index contributed by atoms with van der Waals surface area (Å²) in [5.41, 5.74) is 1.99. The highest BCUT2D eigenvalue weighted by Crippen LogP contribution is 2.30. The number of hydrogen-bond acceptors (Lipinski definition) is 8. The van der Waals surface area contributed by atoms with Crippen molar-refractivity contribution in [3.05, 3.63) is 53.2 Å². The highest BCUT2D eigenvalue weighted by molar-refractivity contribution is 5.83. The van der Waals surface area contributed by atoms with Crippen LogP contribution in [-0.4, -0.2) is 52.6 Å². The largest absolute Gasteiger partial charge is 0.444 e. The van der Waals surface area contributed by atoms with Crippen molar-refractivity contribution in [3.8, 4) is 11.3 Å². The molecule has 0 radical (unpaired) electrons. The lowest BCUT2D eigenvalue weighted by molar-refractivity contribution is 0.0222. The van der Waals surface area contributed by atoms with Crippen molar-refractivity contribution in [2.75, 3.05) is 11.9 Å². The molecule has 1 aliphatic heterocycles. The van der Waals surface area contributed by atoms with Crippen molar-refractivity contribution in [2.24, 2.45) is 0 Å². The number of rotatable bonds is 4. The van der Waals surface area contributed by atoms with Gasteiger partial charge in [0.05, 0.1) is 24.0 Å². The van der Waals surface area contributed by atoms with Crippen molar-refractivity contribution < 1.29 is 18.3 Å². The molecule has 0 spiro atoms. The number of benzene rings is 1. The molecule has 1 N–H and O–H groups in total. The molecule has 1 aliphatic rings. The van der Waals surface area contributed by atoms with E-state index in [0.29, 0.717) is 30.9 Å². The van der Waals surface area contributed by atoms with E-state index in [2.05, 4.69) is 30.2 Å². The molecule has 39 heavy (non-hydrogen) atoms. The number of fused-ring (bicyclic) bond motifs is 2. The second-order valence-electron chi connectivity index (χ2n) is 10.8. The van der Waals surface area contributed by atoms with Gasteiger partial charge < -0.3 is 14.2 Å². The first-order chi connectivity index (χ1) is 18.4. The van der Waals surface area contributed by atoms with Crippen LogP contribution in [0.4, 0.5) is 25.5 Å². The van der Waals surface area contributed by atoms with Gasteiger partial charge in [0.2, 0.25) is 11.9 Å². The smallest absolute Gasteiger partial charge is 0.410 e. The van der Waals surface area contributed by atoms with Gasteiger partial charge in [-0.3, -0.25) is 5.32 Å². The number of nitrogens with zero attached hydrogens (tertiary/aromatic N) is 7. The third-order valence-corrected chi connectivity index (χ3v) is 6.27. The van der Waals surface area contributed by atoms with Crippen molar-refractivity contribution >= 4 is 29.0 Å². The van der Waals surface area contributed by atoms with E-state index in [4.69, 9.17) is 4.74 Å². The lowest BCUT2D eigenvalue weighted by Crippen LogP contribution is -2.40. The fraction of sp³-hybridized carbons (Fsp3) is 0.407. The number of carbonyl (C=O) groups is 1. The van der Waals surface area contributed by atoms with E-state index in [0.717, 1.165) is 17.5 Å². The third kappa shape index (κ3) is 5.36. The van der Waals surface area contributed by atoms with E-state index >= 15 is 0 Å². The van der Waals surface area contributed by atoms with Crippen LogP contribution in [0.3, 0.4) is 0 Å². The van der Waals surface area contributed by atoms with Crippen molar-refractivity contribution in [2.45, 2.75) is 66.2 Å². The quantitative estimate of drug-likeness (QED) is 0.365. The molecule has 0 aliphatic carbocycles. The summed E-state index contributed by atoms with van der Waals surface area (Å²) in [6.45, 7) is 12.0. The Morgan fingerprint density at radius 3 is 2.49 bits per heavy atom. The number of halogens is 2. The van der Waals surface area contributed by atoms with Crippen LogP contribution in [0.5, 0.6) is 0 Å². The van der Waals surface area contributed by atoms with E-state index in [-0.39, 0.29) is 40.8 Å². The molecule has 4 heterocycles. The number of nitrogens with one attached hydrogen (secondary N) is 1. The molecule has 1 aromatic carbocycles. The lowest BCUT2D eigenvalue weighted by Gasteiger charge is -2.30. The summed E-state index contributed by atoms with van der Waals surface area (Å²) in [5, 5.41) is 2.91. The molecule has 204 valence electrons. The van der Waals surface area contributed by atoms with Gasteiger partial charge in [-0.2, -0.15) is 0 Å². The predicted octanol–water partition coefficient (Wildman–Crippen LogP) is 5.49. The Labute approximate surface area is 224 Å². The number of amides is 1. The molecule has 4 aromatic rings. The maximum absolute atomic E-state index is 15.0. The van der Waals surface area contributed by atoms with Gasteiger partial charge in [0.15, 0.2) is 11.6 Å². The number of hydrogen-bond donors (Lipinski definition) is 1. The van der Waals surface area contributed by atoms with Gasteiger partial charge in [0.25, 0.3) is 0 Å². The summed E-state index contributed by atoms with van der Waals surface area (Å²) in [6, 6.07) is 2.94. The number of aryl methyl sites for hydroxylation is 1. The summed E-state index contributed by atoms with van der Waals surface area (Å²) in [4.78, 5) is 35.6. The third-order valence-electron chi connectivity index (χ3n) is 6.27. The highest BCUT2D eigenvalue weighted by Gasteiger charge is 2.27. The zero-order chi connectivity index (χ0) is 28.1. The fourth-order valence-corrected chi connectivity index (χ4v) is 4.65. The predicted molar refractivity (Wildman–Crippen MR) is 141 cm³/mol. The van der Waals surface area contributed by atoms with Gasteiger partial charge in [0.1, 0.15) is 22.6 Å². The normalized spacial score (nSPS) is 13.6. The Kier molecular flexibility index (Phi) is 6.65. The molecule has 12 heteroatoms. The summed E-state index contributed by atoms with van der Waals surface area (Å²) in [5.74, 6) is -0.296. The van der Waals surface area contributed by atoms with Crippen LogP contribution in [0.15, 0.2) is 24.5 Å². The van der Waals surface area contributed by atoms with Crippen LogP contribution in [0, 0.1) is 18.6 Å². The van der Waals surface area contributed by atoms with E-state index in [9.17, 15) is 13.6 Å². The van der Waals surface area contributed by atoms with Gasteiger partial charge in [-0.25, -0.2) is 38.5 Å². The lowest BCUT2D eigenvalue weighted by atomic mass is 10.1. The molecule has 5 rings (SSSR count). The molecule has 0 saturated carbocycles. The second-order valence-corrected chi connectivity index (χ2v) is 10.8. The standard InChI is InChI=1S/C27H30F2N8O2/c1-14(2)37-15(3)32-23-18(28)9-16(10-21(23)37)22-19(29)12-31-25(34-22)35-24-30-11-17-13-36(8-7-20(17)33-24)26(38)39-27(4,5)6/h9-12,14H,7-8,13H2,1-6H3,(H,30,31,33,34,35). The highest BCUT2D eigenvalue weighted by atomic mass is 19.1. The van der Waals surface area contributed by atoms with Crippen LogP contribution in [0.1, 0.15) is 57.7 Å². The monoisotopic (exact) mass is 536 g/mol. The van der Waals surface area contributed by atoms with Crippen molar-refractivity contribution in [1.82, 2.24) is 34.4 Å². The van der Waals surface area contributed by atoms with Crippen LogP contribution in [0.2, 0.25) is 0 Å². The molecular formula is C27H30F2N8O2. The van der Waals surface area contributed by atoms with Crippen LogP contribution >= 0.6 is 0 Å². The molecule has 0 atom stereocenters. The Hall–Kier alpha value is -4.22. The maximum Gasteiger partial charge on any atom is 0.410 e. The first-order valence-corrected chi connectivity index (χ1v) is 12.7. The number of aromatic nitrogens is 6. The minimum Gasteiger partial charge on any atom is -0.444 e. The molecule has 10 nitrogen and oxygen atoms in total. The number of imidazole rings is 1. The van der Waals surface area contributed by atoms with Gasteiger partial charge >= 0.3 is 6.09 Å². The van der Waals surface area contributed by atoms with Gasteiger partial charge in [-0.15, -0.1) is 0 Å². The number of ether oxygens (including phenoxy) is 1. The zero-order valence-electron chi connectivity index (χ0n) is 22.7. The van der Waals surface area contributed by atoms with E-state index in [1.165, 1.54) is 6.07 Å². The van der Waals surface area contributed by atoms with Crippen molar-refractivity contribution in [3.63, 3.8) is 0 Å². The molecule has 3 aromatic heterocycles. The van der Waals surface area contributed by atoms with Crippen molar-refractivity contribution in [1.29, 1.82) is 0 Å². The number of anilines is 2. The molecule has 0 bridgehead atoms. The Morgan fingerprint density at radius 1 is 1.05 bits per heavy atom. The van der Waals surface area contributed by atoms with Crippen LogP contribution in [0.25, 0.3) is 22.3 Å². The van der Waals surface area contributed by atoms with E-state index in [1.54, 1.807) is 24.1 Å². The van der Waals surface area contributed by atoms with Gasteiger partial charge in [-0.05, 0) is 53.7 Å². The minimum absolute atomic E-state index is 0.0366. The molecule has 0 unspecified atom stereocenters. The Balaban J connectivity index is 1.40. The van der Waals surface area contributed by atoms with Crippen LogP contribution in [-0.2, 0) is 17.7 Å². The van der Waals surface area contributed by atoms with Crippen LogP contribution < -0.4 is 5.32 Å². The Bertz CT molecular complexity index is 1580. The summed E-state index contributed by atoms with van der Waals surface area (Å²) in [7, 11) is 0. The average Bonchev–Trinajstić information content (AvgIpc) is 3.20. The first kappa shape index (κ1) is 26.4. The molecule has 1 amide bonds. The summed E-state index contributed by atoms with van der Waals surface area (Å²) in [6.07, 6.45) is 2.78. The van der Waals surface area contributed by atoms with E-state index in [1.807, 2.05) is 39.2 Å². The maximum atomic E-state index is 15.0. The summed E-state index contributed by atoms with van der Waals surface area (Å²) < 4.78 is 37.2. The molecular weight excluding hydrogens is 506 g/mol. The average molecular weight is 537 g/mol. The number of carbonyl (C=O) groups excluding carboxylic acids is 1. The molecule has 0 fully saturated rings. The molecule has 0 saturated heterocycles.